The zero-order valence-corrected chi connectivity index (χ0v) is 8.99. The molecule has 0 aliphatic rings. The average Bonchev–Trinajstić information content (AvgIpc) is 2.21. The number of rotatable bonds is 7. The first kappa shape index (κ1) is 13.4. The molecule has 0 aliphatic carbocycles. The van der Waals surface area contributed by atoms with Crippen molar-refractivity contribution in [3.05, 3.63) is 0 Å². The molecule has 14 heavy (non-hydrogen) atoms. The van der Waals surface area contributed by atoms with Crippen LogP contribution in [0.5, 0.6) is 0 Å². The maximum Gasteiger partial charge on any atom is 0.250 e. The van der Waals surface area contributed by atoms with Crippen molar-refractivity contribution in [2.45, 2.75) is 32.2 Å². The van der Waals surface area contributed by atoms with Crippen molar-refractivity contribution in [2.75, 3.05) is 20.2 Å². The van der Waals surface area contributed by atoms with Crippen LogP contribution in [0.2, 0.25) is 0 Å². The topological polar surface area (TPSA) is 78.6 Å². The number of aliphatic hydroxyl groups is 1. The highest BCUT2D eigenvalue weighted by Crippen LogP contribution is 2.00. The lowest BCUT2D eigenvalue weighted by atomic mass is 10.2. The minimum atomic E-state index is -0.200. The fraction of sp³-hybridized carbons (Fsp3) is 0.889. The summed E-state index contributed by atoms with van der Waals surface area (Å²) in [5, 5.41) is 8.57. The molecule has 4 N–H and O–H groups in total. The molecule has 0 spiro atoms. The monoisotopic (exact) mass is 203 g/mol. The molecule has 1 amide bonds. The lowest BCUT2D eigenvalue weighted by molar-refractivity contribution is -0.125. The van der Waals surface area contributed by atoms with Crippen molar-refractivity contribution >= 4 is 5.91 Å². The quantitative estimate of drug-likeness (QED) is 0.225. The van der Waals surface area contributed by atoms with Crippen LogP contribution < -0.4 is 11.3 Å². The summed E-state index contributed by atoms with van der Waals surface area (Å²) < 4.78 is 0. The lowest BCUT2D eigenvalue weighted by Gasteiger charge is -2.22. The highest BCUT2D eigenvalue weighted by molar-refractivity contribution is 5.80. The van der Waals surface area contributed by atoms with Crippen molar-refractivity contribution in [3.63, 3.8) is 0 Å². The van der Waals surface area contributed by atoms with Crippen molar-refractivity contribution in [2.24, 2.45) is 5.84 Å². The van der Waals surface area contributed by atoms with E-state index >= 15 is 0 Å². The minimum Gasteiger partial charge on any atom is -0.396 e. The van der Waals surface area contributed by atoms with Crippen molar-refractivity contribution in [1.82, 2.24) is 10.3 Å². The van der Waals surface area contributed by atoms with Gasteiger partial charge in [-0.3, -0.25) is 15.1 Å². The van der Waals surface area contributed by atoms with Gasteiger partial charge in [0.15, 0.2) is 0 Å². The van der Waals surface area contributed by atoms with Crippen LogP contribution in [0.25, 0.3) is 0 Å². The van der Waals surface area contributed by atoms with Gasteiger partial charge in [0.05, 0.1) is 6.04 Å². The fourth-order valence-electron chi connectivity index (χ4n) is 1.16. The third-order valence-electron chi connectivity index (χ3n) is 2.35. The highest BCUT2D eigenvalue weighted by atomic mass is 16.2. The highest BCUT2D eigenvalue weighted by Gasteiger charge is 2.15. The number of nitrogens with zero attached hydrogens (tertiary/aromatic N) is 1. The number of hydrogen-bond acceptors (Lipinski definition) is 4. The van der Waals surface area contributed by atoms with Gasteiger partial charge < -0.3 is 5.11 Å². The van der Waals surface area contributed by atoms with E-state index in [4.69, 9.17) is 10.9 Å². The van der Waals surface area contributed by atoms with E-state index in [-0.39, 0.29) is 18.6 Å². The van der Waals surface area contributed by atoms with Gasteiger partial charge in [-0.05, 0) is 39.8 Å². The number of hydrazine groups is 1. The van der Waals surface area contributed by atoms with E-state index in [2.05, 4.69) is 5.43 Å². The Bertz CT molecular complexity index is 164. The van der Waals surface area contributed by atoms with Crippen LogP contribution in [0.1, 0.15) is 26.2 Å². The van der Waals surface area contributed by atoms with Gasteiger partial charge >= 0.3 is 0 Å². The molecule has 0 aliphatic heterocycles. The van der Waals surface area contributed by atoms with Crippen LogP contribution in [0.15, 0.2) is 0 Å². The molecule has 0 heterocycles. The van der Waals surface area contributed by atoms with Crippen molar-refractivity contribution < 1.29 is 9.90 Å². The van der Waals surface area contributed by atoms with Gasteiger partial charge in [0.25, 0.3) is 5.91 Å². The predicted molar refractivity (Wildman–Crippen MR) is 55.4 cm³/mol. The lowest BCUT2D eigenvalue weighted by Crippen LogP contribution is -2.46. The van der Waals surface area contributed by atoms with Crippen LogP contribution >= 0.6 is 0 Å². The summed E-state index contributed by atoms with van der Waals surface area (Å²) in [6.45, 7) is 2.89. The first-order chi connectivity index (χ1) is 6.63. The van der Waals surface area contributed by atoms with Gasteiger partial charge in [-0.2, -0.15) is 0 Å². The average molecular weight is 203 g/mol. The summed E-state index contributed by atoms with van der Waals surface area (Å²) in [6, 6.07) is -0.200. The third-order valence-corrected chi connectivity index (χ3v) is 2.35. The summed E-state index contributed by atoms with van der Waals surface area (Å²) >= 11 is 0. The van der Waals surface area contributed by atoms with Gasteiger partial charge in [0, 0.05) is 6.61 Å². The molecule has 0 saturated heterocycles. The van der Waals surface area contributed by atoms with E-state index in [1.165, 1.54) is 0 Å². The number of nitrogens with two attached hydrogens (primary N) is 1. The smallest absolute Gasteiger partial charge is 0.250 e. The Labute approximate surface area is 85.2 Å². The molecule has 0 aromatic carbocycles. The van der Waals surface area contributed by atoms with Gasteiger partial charge in [0.1, 0.15) is 0 Å². The SMILES string of the molecule is CC(C(=O)NN)N(C)CCCCCO. The Morgan fingerprint density at radius 1 is 1.50 bits per heavy atom. The second-order valence-electron chi connectivity index (χ2n) is 3.45. The second-order valence-corrected chi connectivity index (χ2v) is 3.45. The van der Waals surface area contributed by atoms with E-state index < -0.39 is 0 Å². The van der Waals surface area contributed by atoms with Gasteiger partial charge in [-0.1, -0.05) is 0 Å². The molecule has 5 heteroatoms. The molecular weight excluding hydrogens is 182 g/mol. The molecule has 5 nitrogen and oxygen atoms in total. The molecule has 0 aromatic rings. The van der Waals surface area contributed by atoms with Crippen molar-refractivity contribution in [1.29, 1.82) is 0 Å². The summed E-state index contributed by atoms with van der Waals surface area (Å²) in [5.41, 5.74) is 2.13. The first-order valence-electron chi connectivity index (χ1n) is 4.95. The number of unbranched alkanes of at least 4 members (excludes halogenated alkanes) is 2. The molecule has 0 bridgehead atoms. The number of amides is 1. The maximum atomic E-state index is 11.1. The molecule has 1 atom stereocenters. The van der Waals surface area contributed by atoms with Crippen LogP contribution in [-0.2, 0) is 4.79 Å². The number of carbonyl (C=O) groups excluding carboxylic acids is 1. The Morgan fingerprint density at radius 3 is 2.64 bits per heavy atom. The van der Waals surface area contributed by atoms with Crippen molar-refractivity contribution in [3.8, 4) is 0 Å². The molecule has 0 aromatic heterocycles. The summed E-state index contributed by atoms with van der Waals surface area (Å²) in [4.78, 5) is 13.1. The third kappa shape index (κ3) is 5.16. The Hall–Kier alpha value is -0.650. The molecule has 1 unspecified atom stereocenters. The van der Waals surface area contributed by atoms with Crippen LogP contribution in [-0.4, -0.2) is 42.2 Å². The minimum absolute atomic E-state index is 0.172. The Kier molecular flexibility index (Phi) is 7.37. The van der Waals surface area contributed by atoms with Gasteiger partial charge in [0.2, 0.25) is 0 Å². The maximum absolute atomic E-state index is 11.1. The van der Waals surface area contributed by atoms with Crippen LogP contribution in [0.4, 0.5) is 0 Å². The predicted octanol–water partition coefficient (Wildman–Crippen LogP) is -0.541. The number of hydrogen-bond donors (Lipinski definition) is 3. The first-order valence-corrected chi connectivity index (χ1v) is 4.95. The van der Waals surface area contributed by atoms with Crippen LogP contribution in [0.3, 0.4) is 0 Å². The van der Waals surface area contributed by atoms with E-state index in [0.717, 1.165) is 25.8 Å². The zero-order chi connectivity index (χ0) is 11.0. The Morgan fingerprint density at radius 2 is 2.14 bits per heavy atom. The zero-order valence-electron chi connectivity index (χ0n) is 8.99. The second kappa shape index (κ2) is 7.73. The molecule has 0 radical (unpaired) electrons. The number of likely N-dealkylation sites (N-methyl/N-ethyl adjacent to an activating group) is 1. The number of carbonyl (C=O) groups is 1. The largest absolute Gasteiger partial charge is 0.396 e. The van der Waals surface area contributed by atoms with E-state index in [1.54, 1.807) is 0 Å². The van der Waals surface area contributed by atoms with E-state index in [0.29, 0.717) is 0 Å². The standard InChI is InChI=1S/C9H21N3O2/c1-8(9(14)11-10)12(2)6-4-3-5-7-13/h8,13H,3-7,10H2,1-2H3,(H,11,14). The normalized spacial score (nSPS) is 12.9. The van der Waals surface area contributed by atoms with Gasteiger partial charge in [-0.25, -0.2) is 5.84 Å². The number of nitrogens with one attached hydrogen (secondary N) is 1. The molecule has 84 valence electrons. The van der Waals surface area contributed by atoms with Crippen LogP contribution in [0, 0.1) is 0 Å². The Balaban J connectivity index is 3.61. The summed E-state index contributed by atoms with van der Waals surface area (Å²) in [5.74, 6) is 4.86. The van der Waals surface area contributed by atoms with E-state index in [1.807, 2.05) is 18.9 Å². The molecular formula is C9H21N3O2. The van der Waals surface area contributed by atoms with Gasteiger partial charge in [-0.15, -0.1) is 0 Å². The van der Waals surface area contributed by atoms with E-state index in [9.17, 15) is 4.79 Å². The summed E-state index contributed by atoms with van der Waals surface area (Å²) in [7, 11) is 1.89. The fourth-order valence-corrected chi connectivity index (χ4v) is 1.16. The summed E-state index contributed by atoms with van der Waals surface area (Å²) in [6.07, 6.45) is 2.79. The number of aliphatic hydroxyl groups excluding tert-OH is 1. The molecule has 0 rings (SSSR count). The molecule has 0 saturated carbocycles. The molecule has 0 fully saturated rings.